The van der Waals surface area contributed by atoms with Crippen LogP contribution in [-0.4, -0.2) is 46.7 Å². The molecule has 0 spiro atoms. The second-order valence-corrected chi connectivity index (χ2v) is 10.8. The molecule has 7 nitrogen and oxygen atoms in total. The zero-order chi connectivity index (χ0) is 25.0. The average molecular weight is 479 g/mol. The molecule has 35 heavy (non-hydrogen) atoms. The summed E-state index contributed by atoms with van der Waals surface area (Å²) in [5.74, 6) is 2.10. The molecule has 1 fully saturated rings. The second-order valence-electron chi connectivity index (χ2n) is 10.8. The van der Waals surface area contributed by atoms with E-state index in [4.69, 9.17) is 15.2 Å². The Hall–Kier alpha value is -3.06. The van der Waals surface area contributed by atoms with Crippen molar-refractivity contribution in [3.63, 3.8) is 0 Å². The number of para-hydroxylation sites is 1. The van der Waals surface area contributed by atoms with E-state index < -0.39 is 0 Å². The Balaban J connectivity index is 1.55. The topological polar surface area (TPSA) is 82.6 Å². The van der Waals surface area contributed by atoms with Gasteiger partial charge in [-0.15, -0.1) is 0 Å². The van der Waals surface area contributed by atoms with Crippen LogP contribution in [0.2, 0.25) is 0 Å². The molecule has 2 unspecified atom stereocenters. The lowest BCUT2D eigenvalue weighted by Gasteiger charge is -2.29. The second kappa shape index (κ2) is 10.7. The molecule has 188 valence electrons. The number of fused-ring (bicyclic) bond motifs is 1. The first-order valence-electron chi connectivity index (χ1n) is 12.6. The number of carbonyl (C=O) groups excluding carboxylic acids is 1. The average Bonchev–Trinajstić information content (AvgIpc) is 3.43. The van der Waals surface area contributed by atoms with Gasteiger partial charge >= 0.3 is 0 Å². The Labute approximate surface area is 208 Å². The first-order chi connectivity index (χ1) is 16.7. The number of hydrogen-bond acceptors (Lipinski definition) is 5. The van der Waals surface area contributed by atoms with Crippen molar-refractivity contribution in [3.05, 3.63) is 48.5 Å². The molecular formula is C28H38N4O3. The van der Waals surface area contributed by atoms with Crippen LogP contribution in [0.25, 0.3) is 11.0 Å². The van der Waals surface area contributed by atoms with Crippen LogP contribution < -0.4 is 10.5 Å². The molecule has 0 aliphatic carbocycles. The van der Waals surface area contributed by atoms with E-state index in [9.17, 15) is 4.79 Å². The van der Waals surface area contributed by atoms with Crippen LogP contribution in [0, 0.1) is 5.41 Å². The van der Waals surface area contributed by atoms with Gasteiger partial charge in [-0.2, -0.15) is 0 Å². The Morgan fingerprint density at radius 3 is 2.69 bits per heavy atom. The maximum atomic E-state index is 13.0. The number of nitrogens with two attached hydrogens (primary N) is 1. The molecule has 0 bridgehead atoms. The summed E-state index contributed by atoms with van der Waals surface area (Å²) in [6.07, 6.45) is 4.26. The number of amides is 1. The molecule has 2 aromatic carbocycles. The third-order valence-corrected chi connectivity index (χ3v) is 6.50. The minimum Gasteiger partial charge on any atom is -0.457 e. The minimum absolute atomic E-state index is 0.0343. The molecule has 7 heteroatoms. The van der Waals surface area contributed by atoms with E-state index in [2.05, 4.69) is 30.3 Å². The van der Waals surface area contributed by atoms with Gasteiger partial charge in [-0.25, -0.2) is 4.98 Å². The number of imidazole rings is 1. The first kappa shape index (κ1) is 25.0. The highest BCUT2D eigenvalue weighted by Gasteiger charge is 2.26. The fraction of sp³-hybridized carbons (Fsp3) is 0.500. The van der Waals surface area contributed by atoms with Gasteiger partial charge in [0.2, 0.25) is 11.9 Å². The third kappa shape index (κ3) is 6.54. The van der Waals surface area contributed by atoms with E-state index in [0.717, 1.165) is 48.4 Å². The summed E-state index contributed by atoms with van der Waals surface area (Å²) < 4.78 is 13.9. The number of hydrogen-bond donors (Lipinski definition) is 1. The van der Waals surface area contributed by atoms with Crippen LogP contribution in [0.1, 0.15) is 58.9 Å². The number of nitrogen functional groups attached to an aromatic ring is 1. The zero-order valence-corrected chi connectivity index (χ0v) is 21.4. The number of anilines is 1. The molecular weight excluding hydrogens is 440 g/mol. The van der Waals surface area contributed by atoms with E-state index >= 15 is 0 Å². The molecule has 2 heterocycles. The quantitative estimate of drug-likeness (QED) is 0.420. The van der Waals surface area contributed by atoms with Crippen molar-refractivity contribution < 1.29 is 14.3 Å². The number of benzene rings is 2. The van der Waals surface area contributed by atoms with Gasteiger partial charge in [0.1, 0.15) is 11.5 Å². The fourth-order valence-corrected chi connectivity index (χ4v) is 4.87. The van der Waals surface area contributed by atoms with Crippen LogP contribution in [-0.2, 0) is 9.53 Å². The largest absolute Gasteiger partial charge is 0.457 e. The van der Waals surface area contributed by atoms with Gasteiger partial charge in [-0.3, -0.25) is 4.79 Å². The summed E-state index contributed by atoms with van der Waals surface area (Å²) in [7, 11) is 1.87. The summed E-state index contributed by atoms with van der Waals surface area (Å²) >= 11 is 0. The molecule has 2 atom stereocenters. The maximum absolute atomic E-state index is 13.0. The van der Waals surface area contributed by atoms with Gasteiger partial charge in [0.05, 0.1) is 17.1 Å². The van der Waals surface area contributed by atoms with Crippen molar-refractivity contribution in [2.45, 2.75) is 65.0 Å². The third-order valence-electron chi connectivity index (χ3n) is 6.50. The predicted octanol–water partition coefficient (Wildman–Crippen LogP) is 5.81. The van der Waals surface area contributed by atoms with Crippen LogP contribution in [0.5, 0.6) is 11.5 Å². The van der Waals surface area contributed by atoms with Gasteiger partial charge in [-0.1, -0.05) is 39.0 Å². The van der Waals surface area contributed by atoms with Crippen molar-refractivity contribution in [1.82, 2.24) is 14.5 Å². The van der Waals surface area contributed by atoms with Crippen LogP contribution >= 0.6 is 0 Å². The number of aromatic nitrogens is 2. The van der Waals surface area contributed by atoms with Gasteiger partial charge in [0, 0.05) is 38.7 Å². The monoisotopic (exact) mass is 478 g/mol. The molecule has 1 aliphatic heterocycles. The zero-order valence-electron chi connectivity index (χ0n) is 21.4. The number of likely N-dealkylation sites (N-methyl/N-ethyl adjacent to an activating group) is 1. The van der Waals surface area contributed by atoms with E-state index in [0.29, 0.717) is 25.3 Å². The lowest BCUT2D eigenvalue weighted by Crippen LogP contribution is -2.34. The highest BCUT2D eigenvalue weighted by molar-refractivity contribution is 5.80. The summed E-state index contributed by atoms with van der Waals surface area (Å²) in [5.41, 5.74) is 8.25. The Morgan fingerprint density at radius 2 is 2.00 bits per heavy atom. The van der Waals surface area contributed by atoms with Gasteiger partial charge in [-0.05, 0) is 55.4 Å². The molecule has 4 rings (SSSR count). The number of nitrogens with zero attached hydrogens (tertiary/aromatic N) is 3. The first-order valence-corrected chi connectivity index (χ1v) is 12.6. The number of carbonyl (C=O) groups is 1. The molecule has 0 radical (unpaired) electrons. The lowest BCUT2D eigenvalue weighted by molar-refractivity contribution is -0.131. The van der Waals surface area contributed by atoms with Crippen molar-refractivity contribution in [2.75, 3.05) is 25.9 Å². The summed E-state index contributed by atoms with van der Waals surface area (Å²) in [4.78, 5) is 19.4. The Bertz CT molecular complexity index is 1130. The molecule has 0 saturated carbocycles. The molecule has 1 aromatic heterocycles. The summed E-state index contributed by atoms with van der Waals surface area (Å²) in [6, 6.07) is 15.6. The molecule has 1 amide bonds. The molecule has 2 N–H and O–H groups in total. The van der Waals surface area contributed by atoms with Gasteiger partial charge in [0.25, 0.3) is 0 Å². The summed E-state index contributed by atoms with van der Waals surface area (Å²) in [6.45, 7) is 8.09. The number of ether oxygens (including phenoxy) is 2. The minimum atomic E-state index is 0.0343. The standard InChI is InChI=1S/C28H38N4O3/c1-28(2,3)18-20(12-15-26(33)31(4)19-23-11-8-16-34-23)32-25-17-22(13-14-24(25)30-27(32)29)35-21-9-6-5-7-10-21/h5-7,9-10,13-14,17,20,23H,8,11-12,15-16,18-19H2,1-4H3,(H2,29,30). The molecule has 1 saturated heterocycles. The van der Waals surface area contributed by atoms with Crippen LogP contribution in [0.3, 0.4) is 0 Å². The highest BCUT2D eigenvalue weighted by atomic mass is 16.5. The Kier molecular flexibility index (Phi) is 7.65. The van der Waals surface area contributed by atoms with E-state index in [-0.39, 0.29) is 23.5 Å². The van der Waals surface area contributed by atoms with E-state index in [1.807, 2.05) is 60.5 Å². The maximum Gasteiger partial charge on any atom is 0.222 e. The van der Waals surface area contributed by atoms with Crippen molar-refractivity contribution in [2.24, 2.45) is 5.41 Å². The van der Waals surface area contributed by atoms with Crippen molar-refractivity contribution >= 4 is 22.9 Å². The normalized spacial score (nSPS) is 17.0. The summed E-state index contributed by atoms with van der Waals surface area (Å²) in [5, 5.41) is 0. The number of rotatable bonds is 9. The van der Waals surface area contributed by atoms with Gasteiger partial charge in [0.15, 0.2) is 0 Å². The van der Waals surface area contributed by atoms with E-state index in [1.165, 1.54) is 0 Å². The van der Waals surface area contributed by atoms with Crippen molar-refractivity contribution in [1.29, 1.82) is 0 Å². The molecule has 3 aromatic rings. The SMILES string of the molecule is CN(CC1CCCO1)C(=O)CCC(CC(C)(C)C)n1c(N)nc2ccc(Oc3ccccc3)cc21. The van der Waals surface area contributed by atoms with Crippen molar-refractivity contribution in [3.8, 4) is 11.5 Å². The predicted molar refractivity (Wildman–Crippen MR) is 140 cm³/mol. The van der Waals surface area contributed by atoms with Crippen LogP contribution in [0.15, 0.2) is 48.5 Å². The fourth-order valence-electron chi connectivity index (χ4n) is 4.87. The Morgan fingerprint density at radius 1 is 1.23 bits per heavy atom. The van der Waals surface area contributed by atoms with Gasteiger partial charge < -0.3 is 24.7 Å². The smallest absolute Gasteiger partial charge is 0.222 e. The highest BCUT2D eigenvalue weighted by Crippen LogP contribution is 2.36. The van der Waals surface area contributed by atoms with Crippen LogP contribution in [0.4, 0.5) is 5.95 Å². The van der Waals surface area contributed by atoms with E-state index in [1.54, 1.807) is 0 Å². The lowest BCUT2D eigenvalue weighted by atomic mass is 9.86. The molecule has 1 aliphatic rings.